The molecule has 0 aromatic carbocycles. The van der Waals surface area contributed by atoms with E-state index in [2.05, 4.69) is 17.3 Å². The molecule has 0 amide bonds. The Labute approximate surface area is 117 Å². The van der Waals surface area contributed by atoms with Gasteiger partial charge in [-0.2, -0.15) is 0 Å². The Balaban J connectivity index is 1.71. The summed E-state index contributed by atoms with van der Waals surface area (Å²) in [5.41, 5.74) is 0. The summed E-state index contributed by atoms with van der Waals surface area (Å²) in [6.45, 7) is 4.56. The van der Waals surface area contributed by atoms with Crippen LogP contribution in [0, 0.1) is 5.92 Å². The zero-order chi connectivity index (χ0) is 13.9. The Morgan fingerprint density at radius 3 is 2.53 bits per heavy atom. The molecule has 0 bridgehead atoms. The van der Waals surface area contributed by atoms with Gasteiger partial charge in [0.05, 0.1) is 6.26 Å². The number of piperidine rings is 1. The number of hydrogen-bond donors (Lipinski definition) is 1. The van der Waals surface area contributed by atoms with Crippen LogP contribution in [0.2, 0.25) is 0 Å². The van der Waals surface area contributed by atoms with Crippen LogP contribution in [0.15, 0.2) is 0 Å². The maximum Gasteiger partial charge on any atom is 0.211 e. The molecule has 0 spiro atoms. The topological polar surface area (TPSA) is 52.6 Å². The molecule has 1 N–H and O–H groups in total. The molecule has 2 aliphatic heterocycles. The normalized spacial score (nSPS) is 30.8. The maximum absolute atomic E-state index is 11.6. The summed E-state index contributed by atoms with van der Waals surface area (Å²) in [4.78, 5) is 2.41. The molecule has 2 unspecified atom stereocenters. The van der Waals surface area contributed by atoms with Gasteiger partial charge in [-0.3, -0.25) is 0 Å². The quantitative estimate of drug-likeness (QED) is 0.793. The van der Waals surface area contributed by atoms with E-state index < -0.39 is 10.0 Å². The summed E-state index contributed by atoms with van der Waals surface area (Å²) in [5, 5.41) is 3.54. The van der Waals surface area contributed by atoms with Crippen molar-refractivity contribution in [1.82, 2.24) is 14.5 Å². The van der Waals surface area contributed by atoms with Crippen molar-refractivity contribution < 1.29 is 8.42 Å². The first-order chi connectivity index (χ1) is 8.97. The number of likely N-dealkylation sites (N-methyl/N-ethyl adjacent to an activating group) is 1. The molecule has 112 valence electrons. The van der Waals surface area contributed by atoms with Crippen LogP contribution in [-0.4, -0.2) is 69.7 Å². The van der Waals surface area contributed by atoms with Crippen LogP contribution in [0.25, 0.3) is 0 Å². The van der Waals surface area contributed by atoms with Crippen LogP contribution in [0.3, 0.4) is 0 Å². The van der Waals surface area contributed by atoms with Gasteiger partial charge in [-0.05, 0) is 51.7 Å². The van der Waals surface area contributed by atoms with Crippen molar-refractivity contribution in [2.24, 2.45) is 5.92 Å². The zero-order valence-corrected chi connectivity index (χ0v) is 13.0. The van der Waals surface area contributed by atoms with E-state index in [4.69, 9.17) is 0 Å². The van der Waals surface area contributed by atoms with Crippen LogP contribution >= 0.6 is 0 Å². The van der Waals surface area contributed by atoms with Crippen LogP contribution in [-0.2, 0) is 10.0 Å². The molecule has 2 aliphatic rings. The van der Waals surface area contributed by atoms with Gasteiger partial charge in [-0.1, -0.05) is 0 Å². The highest BCUT2D eigenvalue weighted by atomic mass is 32.2. The van der Waals surface area contributed by atoms with Crippen molar-refractivity contribution in [3.05, 3.63) is 0 Å². The van der Waals surface area contributed by atoms with Crippen LogP contribution < -0.4 is 5.32 Å². The van der Waals surface area contributed by atoms with E-state index in [1.54, 1.807) is 4.31 Å². The highest BCUT2D eigenvalue weighted by Gasteiger charge is 2.26. The van der Waals surface area contributed by atoms with Crippen LogP contribution in [0.4, 0.5) is 0 Å². The lowest BCUT2D eigenvalue weighted by atomic mass is 9.99. The minimum absolute atomic E-state index is 0.468. The molecule has 0 aliphatic carbocycles. The summed E-state index contributed by atoms with van der Waals surface area (Å²) < 4.78 is 24.7. The smallest absolute Gasteiger partial charge is 0.211 e. The number of rotatable bonds is 5. The zero-order valence-electron chi connectivity index (χ0n) is 12.1. The predicted octanol–water partition coefficient (Wildman–Crippen LogP) is 0.342. The summed E-state index contributed by atoms with van der Waals surface area (Å²) >= 11 is 0. The monoisotopic (exact) mass is 289 g/mol. The van der Waals surface area contributed by atoms with E-state index >= 15 is 0 Å². The fraction of sp³-hybridized carbons (Fsp3) is 1.00. The number of likely N-dealkylation sites (tertiary alicyclic amines) is 1. The van der Waals surface area contributed by atoms with E-state index in [1.807, 2.05) is 0 Å². The molecule has 0 radical (unpaired) electrons. The van der Waals surface area contributed by atoms with Crippen molar-refractivity contribution in [1.29, 1.82) is 0 Å². The van der Waals surface area contributed by atoms with E-state index in [1.165, 1.54) is 25.6 Å². The molecule has 2 atom stereocenters. The van der Waals surface area contributed by atoms with E-state index in [9.17, 15) is 8.42 Å². The Morgan fingerprint density at radius 1 is 1.16 bits per heavy atom. The third-order valence-corrected chi connectivity index (χ3v) is 5.70. The van der Waals surface area contributed by atoms with E-state index in [0.717, 1.165) is 25.9 Å². The second-order valence-electron chi connectivity index (χ2n) is 6.06. The summed E-state index contributed by atoms with van der Waals surface area (Å²) in [6, 6.07) is 0.662. The lowest BCUT2D eigenvalue weighted by Crippen LogP contribution is -2.44. The molecule has 2 fully saturated rings. The highest BCUT2D eigenvalue weighted by molar-refractivity contribution is 7.88. The Hall–Kier alpha value is -0.170. The van der Waals surface area contributed by atoms with Gasteiger partial charge in [0.2, 0.25) is 10.0 Å². The fourth-order valence-corrected chi connectivity index (χ4v) is 4.13. The van der Waals surface area contributed by atoms with Crippen molar-refractivity contribution in [2.45, 2.75) is 31.7 Å². The largest absolute Gasteiger partial charge is 0.315 e. The van der Waals surface area contributed by atoms with Gasteiger partial charge in [-0.15, -0.1) is 0 Å². The minimum Gasteiger partial charge on any atom is -0.315 e. The van der Waals surface area contributed by atoms with Gasteiger partial charge in [0.25, 0.3) is 0 Å². The van der Waals surface area contributed by atoms with Gasteiger partial charge >= 0.3 is 0 Å². The lowest BCUT2D eigenvalue weighted by Gasteiger charge is -2.31. The second-order valence-corrected chi connectivity index (χ2v) is 8.05. The number of nitrogens with zero attached hydrogens (tertiary/aromatic N) is 2. The first-order valence-corrected chi connectivity index (χ1v) is 9.17. The Kier molecular flexibility index (Phi) is 5.22. The molecule has 5 nitrogen and oxygen atoms in total. The van der Waals surface area contributed by atoms with Crippen LogP contribution in [0.5, 0.6) is 0 Å². The van der Waals surface area contributed by atoms with Gasteiger partial charge in [0.15, 0.2) is 0 Å². The SMILES string of the molecule is CN1CCCC1CNCC1CCCN(S(C)(=O)=O)C1. The fourth-order valence-electron chi connectivity index (χ4n) is 3.19. The molecular formula is C13H27N3O2S. The first-order valence-electron chi connectivity index (χ1n) is 7.33. The second kappa shape index (κ2) is 6.52. The number of sulfonamides is 1. The molecule has 2 heterocycles. The average molecular weight is 289 g/mol. The Bertz CT molecular complexity index is 385. The van der Waals surface area contributed by atoms with E-state index in [-0.39, 0.29) is 0 Å². The van der Waals surface area contributed by atoms with Gasteiger partial charge in [0, 0.05) is 25.7 Å². The molecule has 0 saturated carbocycles. The maximum atomic E-state index is 11.6. The summed E-state index contributed by atoms with van der Waals surface area (Å²) in [7, 11) is -0.825. The standard InChI is InChI=1S/C13H27N3O2S/c1-15-7-4-6-13(15)10-14-9-12-5-3-8-16(11-12)19(2,17)18/h12-14H,3-11H2,1-2H3. The molecular weight excluding hydrogens is 262 g/mol. The van der Waals surface area contributed by atoms with Gasteiger partial charge in [0.1, 0.15) is 0 Å². The molecule has 19 heavy (non-hydrogen) atoms. The lowest BCUT2D eigenvalue weighted by molar-refractivity contribution is 0.248. The van der Waals surface area contributed by atoms with Crippen molar-refractivity contribution in [3.8, 4) is 0 Å². The molecule has 0 aromatic heterocycles. The molecule has 2 rings (SSSR count). The summed E-state index contributed by atoms with van der Waals surface area (Å²) in [6.07, 6.45) is 6.02. The van der Waals surface area contributed by atoms with Crippen molar-refractivity contribution in [3.63, 3.8) is 0 Å². The first kappa shape index (κ1) is 15.2. The molecule has 0 aromatic rings. The third-order valence-electron chi connectivity index (χ3n) is 4.44. The van der Waals surface area contributed by atoms with Crippen molar-refractivity contribution in [2.75, 3.05) is 46.0 Å². The minimum atomic E-state index is -3.01. The molecule has 2 saturated heterocycles. The Morgan fingerprint density at radius 2 is 1.89 bits per heavy atom. The number of hydrogen-bond acceptors (Lipinski definition) is 4. The average Bonchev–Trinajstić information content (AvgIpc) is 2.75. The molecule has 6 heteroatoms. The predicted molar refractivity (Wildman–Crippen MR) is 77.7 cm³/mol. The third kappa shape index (κ3) is 4.41. The highest BCUT2D eigenvalue weighted by Crippen LogP contribution is 2.18. The van der Waals surface area contributed by atoms with Gasteiger partial charge < -0.3 is 10.2 Å². The van der Waals surface area contributed by atoms with Crippen LogP contribution in [0.1, 0.15) is 25.7 Å². The van der Waals surface area contributed by atoms with Crippen molar-refractivity contribution >= 4 is 10.0 Å². The summed E-state index contributed by atoms with van der Waals surface area (Å²) in [5.74, 6) is 0.468. The number of nitrogens with one attached hydrogen (secondary N) is 1. The van der Waals surface area contributed by atoms with Gasteiger partial charge in [-0.25, -0.2) is 12.7 Å². The van der Waals surface area contributed by atoms with E-state index in [0.29, 0.717) is 25.0 Å².